The van der Waals surface area contributed by atoms with Gasteiger partial charge in [0.15, 0.2) is 5.75 Å². The molecule has 0 saturated carbocycles. The van der Waals surface area contributed by atoms with Crippen LogP contribution in [0.3, 0.4) is 0 Å². The van der Waals surface area contributed by atoms with Crippen molar-refractivity contribution in [1.82, 2.24) is 0 Å². The second-order valence-corrected chi connectivity index (χ2v) is 11.4. The van der Waals surface area contributed by atoms with Crippen LogP contribution < -0.4 is 15.2 Å². The molecule has 0 aliphatic heterocycles. The van der Waals surface area contributed by atoms with Crippen molar-refractivity contribution in [2.45, 2.75) is 38.3 Å². The summed E-state index contributed by atoms with van der Waals surface area (Å²) in [6, 6.07) is 22.9. The number of methoxy groups -OCH3 is 1. The van der Waals surface area contributed by atoms with Crippen molar-refractivity contribution in [3.8, 4) is 22.6 Å². The van der Waals surface area contributed by atoms with Crippen molar-refractivity contribution in [3.63, 3.8) is 0 Å². The zero-order valence-corrected chi connectivity index (χ0v) is 26.2. The highest BCUT2D eigenvalue weighted by Gasteiger charge is 2.35. The van der Waals surface area contributed by atoms with Gasteiger partial charge in [-0.3, -0.25) is 0 Å². The van der Waals surface area contributed by atoms with Gasteiger partial charge < -0.3 is 19.9 Å². The van der Waals surface area contributed by atoms with E-state index in [4.69, 9.17) is 43.1 Å². The molecule has 0 saturated heterocycles. The fourth-order valence-electron chi connectivity index (χ4n) is 5.21. The normalized spacial score (nSPS) is 12.3. The van der Waals surface area contributed by atoms with E-state index in [1.54, 1.807) is 43.5 Å². The third-order valence-electron chi connectivity index (χ3n) is 7.35. The Labute approximate surface area is 266 Å². The number of hydrogen-bond acceptors (Lipinski definition) is 4. The minimum Gasteiger partial charge on any atom is -0.490 e. The summed E-state index contributed by atoms with van der Waals surface area (Å²) in [7, 11) is 1.63. The Morgan fingerprint density at radius 2 is 1.52 bits per heavy atom. The van der Waals surface area contributed by atoms with Crippen molar-refractivity contribution in [1.29, 1.82) is 0 Å². The van der Waals surface area contributed by atoms with Crippen LogP contribution in [0.1, 0.15) is 40.2 Å². The zero-order chi connectivity index (χ0) is 31.7. The third kappa shape index (κ3) is 8.91. The van der Waals surface area contributed by atoms with Crippen LogP contribution in [0, 0.1) is 6.92 Å². The summed E-state index contributed by atoms with van der Waals surface area (Å²) < 4.78 is 59.8. The van der Waals surface area contributed by atoms with Crippen molar-refractivity contribution in [3.05, 3.63) is 117 Å². The Hall–Kier alpha value is -3.23. The number of nitrogens with two attached hydrogens (primary N) is 1. The summed E-state index contributed by atoms with van der Waals surface area (Å²) in [4.78, 5) is 0. The van der Waals surface area contributed by atoms with E-state index < -0.39 is 17.7 Å². The first-order valence-electron chi connectivity index (χ1n) is 14.4. The molecule has 9 heteroatoms. The Morgan fingerprint density at radius 3 is 2.18 bits per heavy atom. The van der Waals surface area contributed by atoms with Gasteiger partial charge in [-0.05, 0) is 96.4 Å². The highest BCUT2D eigenvalue weighted by molar-refractivity contribution is 6.37. The molecule has 0 radical (unpaired) electrons. The first kappa shape index (κ1) is 33.7. The molecular weight excluding hydrogens is 610 g/mol. The van der Waals surface area contributed by atoms with E-state index in [1.165, 1.54) is 6.07 Å². The molecule has 234 valence electrons. The van der Waals surface area contributed by atoms with Crippen LogP contribution in [0.15, 0.2) is 78.9 Å². The number of halogens is 5. The zero-order valence-electron chi connectivity index (χ0n) is 24.7. The van der Waals surface area contributed by atoms with Crippen LogP contribution in [0.4, 0.5) is 13.2 Å². The minimum absolute atomic E-state index is 0.0652. The van der Waals surface area contributed by atoms with Crippen molar-refractivity contribution >= 4 is 23.2 Å². The van der Waals surface area contributed by atoms with E-state index in [0.717, 1.165) is 28.7 Å². The molecular formula is C35H36Cl2F3NO3. The molecule has 0 aliphatic rings. The molecule has 4 aromatic carbocycles. The molecule has 0 heterocycles. The molecule has 44 heavy (non-hydrogen) atoms. The molecule has 4 rings (SSSR count). The predicted octanol–water partition coefficient (Wildman–Crippen LogP) is 9.31. The molecule has 0 bridgehead atoms. The van der Waals surface area contributed by atoms with E-state index in [1.807, 2.05) is 43.3 Å². The lowest BCUT2D eigenvalue weighted by Gasteiger charge is -2.22. The summed E-state index contributed by atoms with van der Waals surface area (Å²) in [5.41, 5.74) is 9.67. The Bertz CT molecular complexity index is 1500. The Balaban J connectivity index is 1.44. The predicted molar refractivity (Wildman–Crippen MR) is 171 cm³/mol. The summed E-state index contributed by atoms with van der Waals surface area (Å²) in [6.45, 7) is 3.02. The van der Waals surface area contributed by atoms with Gasteiger partial charge in [-0.1, -0.05) is 71.7 Å². The van der Waals surface area contributed by atoms with Gasteiger partial charge in [-0.15, -0.1) is 0 Å². The fraction of sp³-hybridized carbons (Fsp3) is 0.314. The summed E-state index contributed by atoms with van der Waals surface area (Å²) >= 11 is 12.4. The highest BCUT2D eigenvalue weighted by Crippen LogP contribution is 2.39. The topological polar surface area (TPSA) is 53.7 Å². The Kier molecular flexibility index (Phi) is 12.0. The molecule has 2 N–H and O–H groups in total. The van der Waals surface area contributed by atoms with Crippen LogP contribution in [-0.2, 0) is 23.8 Å². The lowest BCUT2D eigenvalue weighted by molar-refractivity contribution is -0.138. The van der Waals surface area contributed by atoms with Gasteiger partial charge in [0.1, 0.15) is 19.0 Å². The summed E-state index contributed by atoms with van der Waals surface area (Å²) in [6.07, 6.45) is -2.70. The molecule has 4 aromatic rings. The second-order valence-electron chi connectivity index (χ2n) is 10.6. The highest BCUT2D eigenvalue weighted by atomic mass is 35.5. The van der Waals surface area contributed by atoms with Gasteiger partial charge in [0.25, 0.3) is 0 Å². The van der Waals surface area contributed by atoms with Gasteiger partial charge in [0, 0.05) is 19.6 Å². The van der Waals surface area contributed by atoms with Gasteiger partial charge in [-0.25, -0.2) is 0 Å². The van der Waals surface area contributed by atoms with Crippen molar-refractivity contribution < 1.29 is 27.4 Å². The second kappa shape index (κ2) is 15.7. The fourth-order valence-corrected chi connectivity index (χ4v) is 5.91. The largest absolute Gasteiger partial charge is 0.490 e. The first-order chi connectivity index (χ1) is 21.1. The van der Waals surface area contributed by atoms with Crippen LogP contribution >= 0.6 is 23.2 Å². The Morgan fingerprint density at radius 1 is 0.841 bits per heavy atom. The monoisotopic (exact) mass is 645 g/mol. The number of rotatable bonds is 14. The number of aryl methyl sites for hydroxylation is 2. The molecule has 1 unspecified atom stereocenters. The number of alkyl halides is 3. The average Bonchev–Trinajstić information content (AvgIpc) is 2.99. The van der Waals surface area contributed by atoms with Crippen LogP contribution in [0.5, 0.6) is 11.5 Å². The molecule has 0 amide bonds. The van der Waals surface area contributed by atoms with Gasteiger partial charge in [-0.2, -0.15) is 13.2 Å². The lowest BCUT2D eigenvalue weighted by Crippen LogP contribution is -2.20. The SMILES string of the molecule is COCCCc1ccccc1-c1ccc(C(CN)Cc2ccc(OCCOc3c(Cl)cc(C)cc3Cl)cc2)c(C(F)(F)F)c1. The molecule has 4 nitrogen and oxygen atoms in total. The quantitative estimate of drug-likeness (QED) is 0.139. The minimum atomic E-state index is -4.53. The standard InChI is InChI=1S/C35H36Cl2F3NO3/c1-23-18-32(36)34(33(37)19-23)44-17-16-43-28-12-9-24(10-13-28)20-27(22-41)30-14-11-26(21-31(30)35(38,39)40)29-8-4-3-6-25(29)7-5-15-42-2/h3-4,6,8-14,18-19,21,27H,5,7,15-17,20,22,41H2,1-2H3. The smallest absolute Gasteiger partial charge is 0.416 e. The number of ether oxygens (including phenoxy) is 3. The van der Waals surface area contributed by atoms with Crippen LogP contribution in [-0.4, -0.2) is 33.5 Å². The molecule has 0 fully saturated rings. The molecule has 0 aliphatic carbocycles. The maximum absolute atomic E-state index is 14.4. The number of hydrogen-bond donors (Lipinski definition) is 1. The van der Waals surface area contributed by atoms with Crippen molar-refractivity contribution in [2.24, 2.45) is 5.73 Å². The van der Waals surface area contributed by atoms with Gasteiger partial charge in [0.05, 0.1) is 15.6 Å². The van der Waals surface area contributed by atoms with Gasteiger partial charge >= 0.3 is 6.18 Å². The number of benzene rings is 4. The van der Waals surface area contributed by atoms with E-state index in [9.17, 15) is 13.2 Å². The average molecular weight is 647 g/mol. The first-order valence-corrected chi connectivity index (χ1v) is 15.1. The van der Waals surface area contributed by atoms with E-state index >= 15 is 0 Å². The van der Waals surface area contributed by atoms with Crippen molar-refractivity contribution in [2.75, 3.05) is 33.5 Å². The van der Waals surface area contributed by atoms with Crippen LogP contribution in [0.2, 0.25) is 10.0 Å². The van der Waals surface area contributed by atoms with Crippen LogP contribution in [0.25, 0.3) is 11.1 Å². The summed E-state index contributed by atoms with van der Waals surface area (Å²) in [5, 5.41) is 0.861. The third-order valence-corrected chi connectivity index (χ3v) is 7.91. The lowest BCUT2D eigenvalue weighted by atomic mass is 9.86. The summed E-state index contributed by atoms with van der Waals surface area (Å²) in [5.74, 6) is 0.484. The van der Waals surface area contributed by atoms with E-state index in [-0.39, 0.29) is 25.3 Å². The maximum atomic E-state index is 14.4. The molecule has 0 spiro atoms. The molecule has 0 aromatic heterocycles. The van der Waals surface area contributed by atoms with E-state index in [2.05, 4.69) is 0 Å². The van der Waals surface area contributed by atoms with Gasteiger partial charge in [0.2, 0.25) is 0 Å². The maximum Gasteiger partial charge on any atom is 0.416 e. The van der Waals surface area contributed by atoms with E-state index in [0.29, 0.717) is 46.6 Å². The molecule has 1 atom stereocenters.